The Morgan fingerprint density at radius 3 is 2.64 bits per heavy atom. The zero-order valence-electron chi connectivity index (χ0n) is 11.7. The smallest absolute Gasteiger partial charge is 0.357 e. The standard InChI is InChI=1S/C15H16BrF3N2O/c16-11-6-2-1-5-10(11)12-9-13(15(17,18)19)20-21(12)14-7-3-4-8-22-14/h1-2,5-6,9,13-14,20H,3-4,7-8H2. The van der Waals surface area contributed by atoms with Crippen LogP contribution in [0.4, 0.5) is 13.2 Å². The van der Waals surface area contributed by atoms with Gasteiger partial charge in [0.25, 0.3) is 0 Å². The fourth-order valence-corrected chi connectivity index (χ4v) is 3.20. The molecular formula is C15H16BrF3N2O. The van der Waals surface area contributed by atoms with Crippen LogP contribution in [0.25, 0.3) is 5.70 Å². The van der Waals surface area contributed by atoms with Crippen LogP contribution in [-0.2, 0) is 4.74 Å². The summed E-state index contributed by atoms with van der Waals surface area (Å²) >= 11 is 3.41. The molecule has 2 unspecified atom stereocenters. The molecule has 7 heteroatoms. The van der Waals surface area contributed by atoms with Crippen molar-refractivity contribution < 1.29 is 17.9 Å². The maximum Gasteiger partial charge on any atom is 0.409 e. The number of nitrogens with zero attached hydrogens (tertiary/aromatic N) is 1. The van der Waals surface area contributed by atoms with Crippen LogP contribution >= 0.6 is 15.9 Å². The summed E-state index contributed by atoms with van der Waals surface area (Å²) in [6.07, 6.45) is -0.892. The number of benzene rings is 1. The molecule has 0 spiro atoms. The van der Waals surface area contributed by atoms with E-state index in [1.807, 2.05) is 18.2 Å². The number of rotatable bonds is 2. The van der Waals surface area contributed by atoms with E-state index in [9.17, 15) is 13.2 Å². The molecule has 0 aromatic heterocycles. The first-order chi connectivity index (χ1) is 10.5. The van der Waals surface area contributed by atoms with Crippen LogP contribution in [0, 0.1) is 0 Å². The molecule has 1 saturated heterocycles. The quantitative estimate of drug-likeness (QED) is 0.841. The summed E-state index contributed by atoms with van der Waals surface area (Å²) < 4.78 is 45.7. The van der Waals surface area contributed by atoms with E-state index in [1.54, 1.807) is 6.07 Å². The fraction of sp³-hybridized carbons (Fsp3) is 0.467. The second kappa shape index (κ2) is 6.22. The third kappa shape index (κ3) is 3.16. The predicted molar refractivity (Wildman–Crippen MR) is 80.5 cm³/mol. The Hall–Kier alpha value is -1.05. The average molecular weight is 377 g/mol. The van der Waals surface area contributed by atoms with E-state index >= 15 is 0 Å². The van der Waals surface area contributed by atoms with Crippen molar-refractivity contribution >= 4 is 21.6 Å². The summed E-state index contributed by atoms with van der Waals surface area (Å²) in [5.41, 5.74) is 3.77. The van der Waals surface area contributed by atoms with Gasteiger partial charge in [0.05, 0.1) is 5.70 Å². The Kier molecular flexibility index (Phi) is 4.47. The van der Waals surface area contributed by atoms with Gasteiger partial charge in [-0.2, -0.15) is 13.2 Å². The number of halogens is 4. The number of alkyl halides is 3. The Labute approximate surface area is 135 Å². The SMILES string of the molecule is FC(F)(F)C1C=C(c2ccccc2Br)N(C2CCCCO2)N1. The van der Waals surface area contributed by atoms with Gasteiger partial charge in [0.2, 0.25) is 0 Å². The van der Waals surface area contributed by atoms with E-state index in [0.717, 1.165) is 22.9 Å². The van der Waals surface area contributed by atoms with E-state index in [4.69, 9.17) is 4.74 Å². The molecule has 0 amide bonds. The third-order valence-corrected chi connectivity index (χ3v) is 4.50. The number of ether oxygens (including phenoxy) is 1. The highest BCUT2D eigenvalue weighted by atomic mass is 79.9. The molecule has 1 aromatic rings. The molecule has 120 valence electrons. The van der Waals surface area contributed by atoms with Crippen molar-refractivity contribution in [1.82, 2.24) is 10.4 Å². The molecule has 1 aromatic carbocycles. The van der Waals surface area contributed by atoms with Gasteiger partial charge in [0, 0.05) is 16.6 Å². The Morgan fingerprint density at radius 2 is 2.00 bits per heavy atom. The third-order valence-electron chi connectivity index (χ3n) is 3.81. The highest BCUT2D eigenvalue weighted by Crippen LogP contribution is 2.36. The van der Waals surface area contributed by atoms with Gasteiger partial charge in [0.15, 0.2) is 0 Å². The largest absolute Gasteiger partial charge is 0.409 e. The van der Waals surface area contributed by atoms with Gasteiger partial charge in [0.1, 0.15) is 12.3 Å². The summed E-state index contributed by atoms with van der Waals surface area (Å²) in [4.78, 5) is 0. The summed E-state index contributed by atoms with van der Waals surface area (Å²) in [5, 5.41) is 1.53. The molecule has 3 rings (SSSR count). The molecule has 3 nitrogen and oxygen atoms in total. The minimum Gasteiger partial charge on any atom is -0.357 e. The van der Waals surface area contributed by atoms with Crippen LogP contribution in [0.15, 0.2) is 34.8 Å². The first kappa shape index (κ1) is 15.8. The second-order valence-electron chi connectivity index (χ2n) is 5.37. The van der Waals surface area contributed by atoms with Gasteiger partial charge in [-0.15, -0.1) is 0 Å². The van der Waals surface area contributed by atoms with Crippen molar-refractivity contribution in [2.24, 2.45) is 0 Å². The molecule has 2 aliphatic heterocycles. The molecule has 0 bridgehead atoms. The Balaban J connectivity index is 1.95. The molecule has 2 atom stereocenters. The summed E-state index contributed by atoms with van der Waals surface area (Å²) in [7, 11) is 0. The van der Waals surface area contributed by atoms with Gasteiger partial charge in [-0.25, -0.2) is 5.43 Å². The molecule has 1 N–H and O–H groups in total. The van der Waals surface area contributed by atoms with E-state index in [0.29, 0.717) is 18.7 Å². The van der Waals surface area contributed by atoms with Crippen molar-refractivity contribution in [2.45, 2.75) is 37.7 Å². The van der Waals surface area contributed by atoms with Gasteiger partial charge in [-0.1, -0.05) is 34.1 Å². The Bertz CT molecular complexity index is 570. The van der Waals surface area contributed by atoms with Crippen molar-refractivity contribution in [3.8, 4) is 0 Å². The van der Waals surface area contributed by atoms with Crippen LogP contribution in [0.3, 0.4) is 0 Å². The summed E-state index contributed by atoms with van der Waals surface area (Å²) in [6, 6.07) is 5.56. The van der Waals surface area contributed by atoms with Crippen molar-refractivity contribution in [1.29, 1.82) is 0 Å². The second-order valence-corrected chi connectivity index (χ2v) is 6.23. The first-order valence-corrected chi connectivity index (χ1v) is 7.96. The minimum absolute atomic E-state index is 0.376. The first-order valence-electron chi connectivity index (χ1n) is 7.17. The van der Waals surface area contributed by atoms with Crippen molar-refractivity contribution in [3.63, 3.8) is 0 Å². The zero-order valence-corrected chi connectivity index (χ0v) is 13.3. The van der Waals surface area contributed by atoms with E-state index in [-0.39, 0.29) is 6.23 Å². The number of hydrogen-bond acceptors (Lipinski definition) is 3. The predicted octanol–water partition coefficient (Wildman–Crippen LogP) is 4.07. The lowest BCUT2D eigenvalue weighted by Crippen LogP contribution is -2.50. The van der Waals surface area contributed by atoms with Crippen LogP contribution in [0.1, 0.15) is 24.8 Å². The molecule has 0 aliphatic carbocycles. The molecular weight excluding hydrogens is 361 g/mol. The van der Waals surface area contributed by atoms with Gasteiger partial charge < -0.3 is 4.74 Å². The summed E-state index contributed by atoms with van der Waals surface area (Å²) in [6.45, 7) is 0.572. The number of hydrazine groups is 1. The van der Waals surface area contributed by atoms with E-state index in [1.165, 1.54) is 11.1 Å². The molecule has 22 heavy (non-hydrogen) atoms. The van der Waals surface area contributed by atoms with E-state index < -0.39 is 12.2 Å². The van der Waals surface area contributed by atoms with Gasteiger partial charge in [-0.05, 0) is 31.4 Å². The molecule has 0 saturated carbocycles. The monoisotopic (exact) mass is 376 g/mol. The topological polar surface area (TPSA) is 24.5 Å². The highest BCUT2D eigenvalue weighted by molar-refractivity contribution is 9.10. The maximum atomic E-state index is 13.1. The maximum absolute atomic E-state index is 13.1. The van der Waals surface area contributed by atoms with Gasteiger partial charge in [-0.3, -0.25) is 5.01 Å². The summed E-state index contributed by atoms with van der Waals surface area (Å²) in [5.74, 6) is 0. The lowest BCUT2D eigenvalue weighted by atomic mass is 10.1. The van der Waals surface area contributed by atoms with Crippen LogP contribution in [0.2, 0.25) is 0 Å². The zero-order chi connectivity index (χ0) is 15.7. The van der Waals surface area contributed by atoms with Crippen LogP contribution in [-0.4, -0.2) is 30.1 Å². The fourth-order valence-electron chi connectivity index (χ4n) is 2.72. The lowest BCUT2D eigenvalue weighted by molar-refractivity contribution is -0.160. The molecule has 2 aliphatic rings. The van der Waals surface area contributed by atoms with Gasteiger partial charge >= 0.3 is 6.18 Å². The number of hydrogen-bond donors (Lipinski definition) is 1. The molecule has 1 fully saturated rings. The Morgan fingerprint density at radius 1 is 1.23 bits per heavy atom. The van der Waals surface area contributed by atoms with Crippen molar-refractivity contribution in [3.05, 3.63) is 40.4 Å². The number of nitrogens with one attached hydrogen (secondary N) is 1. The highest BCUT2D eigenvalue weighted by Gasteiger charge is 2.45. The van der Waals surface area contributed by atoms with E-state index in [2.05, 4.69) is 21.4 Å². The van der Waals surface area contributed by atoms with Crippen LogP contribution < -0.4 is 5.43 Å². The molecule has 0 radical (unpaired) electrons. The lowest BCUT2D eigenvalue weighted by Gasteiger charge is -2.35. The molecule has 2 heterocycles. The normalized spacial score (nSPS) is 26.2. The van der Waals surface area contributed by atoms with Crippen LogP contribution in [0.5, 0.6) is 0 Å². The average Bonchev–Trinajstić information content (AvgIpc) is 2.94. The minimum atomic E-state index is -4.34. The van der Waals surface area contributed by atoms with Crippen molar-refractivity contribution in [2.75, 3.05) is 6.61 Å².